The van der Waals surface area contributed by atoms with E-state index in [0.717, 1.165) is 18.8 Å². The van der Waals surface area contributed by atoms with E-state index in [-0.39, 0.29) is 5.95 Å². The van der Waals surface area contributed by atoms with Crippen LogP contribution in [-0.2, 0) is 6.18 Å². The molecule has 26 heavy (non-hydrogen) atoms. The smallest absolute Gasteiger partial charge is 0.356 e. The summed E-state index contributed by atoms with van der Waals surface area (Å²) in [5.41, 5.74) is 0.296. The van der Waals surface area contributed by atoms with Crippen LogP contribution in [0.2, 0.25) is 0 Å². The first-order chi connectivity index (χ1) is 12.4. The number of alkyl halides is 3. The lowest BCUT2D eigenvalue weighted by Crippen LogP contribution is -2.41. The van der Waals surface area contributed by atoms with Crippen molar-refractivity contribution in [3.8, 4) is 0 Å². The van der Waals surface area contributed by atoms with Gasteiger partial charge in [-0.2, -0.15) is 24.5 Å². The van der Waals surface area contributed by atoms with E-state index in [1.54, 1.807) is 18.4 Å². The fourth-order valence-corrected chi connectivity index (χ4v) is 2.88. The minimum atomic E-state index is -4.48. The molecule has 0 bridgehead atoms. The molecule has 0 radical (unpaired) electrons. The maximum Gasteiger partial charge on any atom is 0.433 e. The quantitative estimate of drug-likeness (QED) is 0.388. The Balaban J connectivity index is 1.72. The van der Waals surface area contributed by atoms with Crippen LogP contribution in [-0.4, -0.2) is 42.6 Å². The molecule has 1 atom stereocenters. The second kappa shape index (κ2) is 9.37. The van der Waals surface area contributed by atoms with E-state index >= 15 is 0 Å². The number of aromatic nitrogens is 2. The van der Waals surface area contributed by atoms with Crippen molar-refractivity contribution < 1.29 is 13.2 Å². The summed E-state index contributed by atoms with van der Waals surface area (Å²) in [6.45, 7) is 3.64. The van der Waals surface area contributed by atoms with E-state index in [9.17, 15) is 13.2 Å². The molecule has 3 N–H and O–H groups in total. The maximum absolute atomic E-state index is 12.6. The number of nitrogens with one attached hydrogen (secondary N) is 3. The van der Waals surface area contributed by atoms with Crippen LogP contribution in [0.25, 0.3) is 0 Å². The summed E-state index contributed by atoms with van der Waals surface area (Å²) in [6.07, 6.45) is -3.40. The second-order valence-corrected chi connectivity index (χ2v) is 6.31. The Bertz CT molecular complexity index is 702. The van der Waals surface area contributed by atoms with Crippen LogP contribution in [0.3, 0.4) is 0 Å². The number of nitrogens with zero attached hydrogens (tertiary/aromatic N) is 3. The van der Waals surface area contributed by atoms with Crippen molar-refractivity contribution in [2.75, 3.05) is 32.0 Å². The van der Waals surface area contributed by atoms with E-state index in [4.69, 9.17) is 0 Å². The summed E-state index contributed by atoms with van der Waals surface area (Å²) in [4.78, 5) is 11.4. The summed E-state index contributed by atoms with van der Waals surface area (Å²) >= 11 is 1.66. The SMILES string of the molecule is CN=C(NCCNc1nccc(C(F)(F)F)n1)NCC(C)c1ccsc1. The molecule has 0 spiro atoms. The van der Waals surface area contributed by atoms with Gasteiger partial charge in [0.2, 0.25) is 5.95 Å². The highest BCUT2D eigenvalue weighted by molar-refractivity contribution is 7.07. The van der Waals surface area contributed by atoms with Crippen LogP contribution in [0.15, 0.2) is 34.1 Å². The molecule has 2 aromatic heterocycles. The summed E-state index contributed by atoms with van der Waals surface area (Å²) in [5.74, 6) is 0.908. The van der Waals surface area contributed by atoms with Gasteiger partial charge in [-0.05, 0) is 34.4 Å². The Hall–Kier alpha value is -2.36. The topological polar surface area (TPSA) is 74.2 Å². The van der Waals surface area contributed by atoms with Gasteiger partial charge in [0.1, 0.15) is 5.69 Å². The summed E-state index contributed by atoms with van der Waals surface area (Å²) in [5, 5.41) is 13.2. The van der Waals surface area contributed by atoms with Crippen LogP contribution >= 0.6 is 11.3 Å². The van der Waals surface area contributed by atoms with Gasteiger partial charge in [0.25, 0.3) is 0 Å². The minimum Gasteiger partial charge on any atom is -0.356 e. The molecule has 0 aliphatic heterocycles. The molecule has 0 saturated heterocycles. The largest absolute Gasteiger partial charge is 0.433 e. The molecule has 0 saturated carbocycles. The number of rotatable bonds is 7. The average Bonchev–Trinajstić information content (AvgIpc) is 3.15. The standard InChI is InChI=1S/C16H21F3N6S/c1-11(12-4-8-26-10-12)9-24-14(20-2)22-6-7-23-15-21-5-3-13(25-15)16(17,18)19/h3-5,8,10-11H,6-7,9H2,1-2H3,(H2,20,22,24)(H,21,23,25). The number of thiophene rings is 1. The number of aliphatic imine (C=N–C) groups is 1. The highest BCUT2D eigenvalue weighted by atomic mass is 32.1. The fraction of sp³-hybridized carbons (Fsp3) is 0.438. The number of guanidine groups is 1. The zero-order chi connectivity index (χ0) is 19.0. The molecule has 0 aliphatic carbocycles. The van der Waals surface area contributed by atoms with Gasteiger partial charge in [-0.3, -0.25) is 4.99 Å². The normalized spacial score (nSPS) is 13.3. The Kier molecular flexibility index (Phi) is 7.19. The molecule has 0 fully saturated rings. The molecule has 0 aliphatic rings. The highest BCUT2D eigenvalue weighted by Gasteiger charge is 2.32. The highest BCUT2D eigenvalue weighted by Crippen LogP contribution is 2.27. The molecule has 2 aromatic rings. The van der Waals surface area contributed by atoms with Crippen molar-refractivity contribution in [2.24, 2.45) is 4.99 Å². The summed E-state index contributed by atoms with van der Waals surface area (Å²) in [6, 6.07) is 2.93. The molecule has 0 aromatic carbocycles. The molecular weight excluding hydrogens is 365 g/mol. The third-order valence-electron chi connectivity index (χ3n) is 3.56. The molecular formula is C16H21F3N6S. The molecule has 1 unspecified atom stereocenters. The van der Waals surface area contributed by atoms with Gasteiger partial charge in [0, 0.05) is 32.9 Å². The minimum absolute atomic E-state index is 0.0596. The Morgan fingerprint density at radius 1 is 1.27 bits per heavy atom. The number of halogens is 3. The van der Waals surface area contributed by atoms with Crippen LogP contribution < -0.4 is 16.0 Å². The van der Waals surface area contributed by atoms with Crippen LogP contribution in [0, 0.1) is 0 Å². The molecule has 6 nitrogen and oxygen atoms in total. The fourth-order valence-electron chi connectivity index (χ4n) is 2.10. The molecule has 142 valence electrons. The van der Waals surface area contributed by atoms with Gasteiger partial charge in [0.05, 0.1) is 0 Å². The molecule has 0 amide bonds. The van der Waals surface area contributed by atoms with Crippen molar-refractivity contribution in [3.63, 3.8) is 0 Å². The van der Waals surface area contributed by atoms with Gasteiger partial charge in [-0.1, -0.05) is 6.92 Å². The number of anilines is 1. The Morgan fingerprint density at radius 2 is 2.08 bits per heavy atom. The molecule has 2 rings (SSSR count). The third kappa shape index (κ3) is 6.17. The van der Waals surface area contributed by atoms with E-state index in [1.165, 1.54) is 5.56 Å². The van der Waals surface area contributed by atoms with E-state index in [0.29, 0.717) is 25.0 Å². The predicted molar refractivity (Wildman–Crippen MR) is 97.6 cm³/mol. The first-order valence-electron chi connectivity index (χ1n) is 8.01. The monoisotopic (exact) mass is 386 g/mol. The van der Waals surface area contributed by atoms with E-state index in [2.05, 4.69) is 49.3 Å². The van der Waals surface area contributed by atoms with Gasteiger partial charge in [-0.25, -0.2) is 9.97 Å². The van der Waals surface area contributed by atoms with Crippen molar-refractivity contribution >= 4 is 23.2 Å². The Labute approximate surface area is 154 Å². The maximum atomic E-state index is 12.6. The van der Waals surface area contributed by atoms with Crippen LogP contribution in [0.5, 0.6) is 0 Å². The number of hydrogen-bond donors (Lipinski definition) is 3. The van der Waals surface area contributed by atoms with Gasteiger partial charge in [0.15, 0.2) is 5.96 Å². The van der Waals surface area contributed by atoms with E-state index < -0.39 is 11.9 Å². The summed E-state index contributed by atoms with van der Waals surface area (Å²) in [7, 11) is 1.66. The predicted octanol–water partition coefficient (Wildman–Crippen LogP) is 2.94. The summed E-state index contributed by atoms with van der Waals surface area (Å²) < 4.78 is 37.8. The third-order valence-corrected chi connectivity index (χ3v) is 4.26. The first kappa shape index (κ1) is 20.0. The lowest BCUT2D eigenvalue weighted by Gasteiger charge is -2.15. The van der Waals surface area contributed by atoms with Gasteiger partial charge in [-0.15, -0.1) is 0 Å². The molecule has 2 heterocycles. The first-order valence-corrected chi connectivity index (χ1v) is 8.95. The lowest BCUT2D eigenvalue weighted by atomic mass is 10.1. The Morgan fingerprint density at radius 3 is 2.73 bits per heavy atom. The zero-order valence-corrected chi connectivity index (χ0v) is 15.3. The average molecular weight is 386 g/mol. The lowest BCUT2D eigenvalue weighted by molar-refractivity contribution is -0.141. The van der Waals surface area contributed by atoms with Crippen LogP contribution in [0.1, 0.15) is 24.1 Å². The van der Waals surface area contributed by atoms with E-state index in [1.807, 2.05) is 5.38 Å². The molecule has 10 heteroatoms. The van der Waals surface area contributed by atoms with Gasteiger partial charge >= 0.3 is 6.18 Å². The van der Waals surface area contributed by atoms with Crippen LogP contribution in [0.4, 0.5) is 19.1 Å². The van der Waals surface area contributed by atoms with Crippen molar-refractivity contribution in [2.45, 2.75) is 19.0 Å². The number of hydrogen-bond acceptors (Lipinski definition) is 5. The van der Waals surface area contributed by atoms with Crippen molar-refractivity contribution in [1.29, 1.82) is 0 Å². The zero-order valence-electron chi connectivity index (χ0n) is 14.5. The van der Waals surface area contributed by atoms with Crippen molar-refractivity contribution in [3.05, 3.63) is 40.3 Å². The van der Waals surface area contributed by atoms with Crippen molar-refractivity contribution in [1.82, 2.24) is 20.6 Å². The van der Waals surface area contributed by atoms with Gasteiger partial charge < -0.3 is 16.0 Å². The second-order valence-electron chi connectivity index (χ2n) is 5.53.